The van der Waals surface area contributed by atoms with Crippen molar-refractivity contribution in [2.45, 2.75) is 128 Å². The molecule has 10 heteroatoms. The van der Waals surface area contributed by atoms with Crippen LogP contribution in [0.5, 0.6) is 0 Å². The number of rotatable bonds is 8. The number of esters is 4. The van der Waals surface area contributed by atoms with Crippen molar-refractivity contribution in [2.75, 3.05) is 13.2 Å². The van der Waals surface area contributed by atoms with Crippen LogP contribution in [0.4, 0.5) is 0 Å². The van der Waals surface area contributed by atoms with Crippen molar-refractivity contribution in [2.24, 2.45) is 40.9 Å². The van der Waals surface area contributed by atoms with E-state index in [1.54, 1.807) is 13.8 Å². The van der Waals surface area contributed by atoms with Crippen LogP contribution in [0.15, 0.2) is 23.3 Å². The average molecular weight is 653 g/mol. The summed E-state index contributed by atoms with van der Waals surface area (Å²) in [4.78, 5) is 56.3. The Labute approximate surface area is 276 Å². The largest absolute Gasteiger partial charge is 0.465 e. The van der Waals surface area contributed by atoms with Gasteiger partial charge in [-0.25, -0.2) is 0 Å². The van der Waals surface area contributed by atoms with E-state index < -0.39 is 53.3 Å². The maximum atomic E-state index is 14.2. The summed E-state index contributed by atoms with van der Waals surface area (Å²) >= 11 is 0. The summed E-state index contributed by atoms with van der Waals surface area (Å²) in [6.07, 6.45) is 7.67. The second-order valence-corrected chi connectivity index (χ2v) is 16.1. The van der Waals surface area contributed by atoms with Crippen molar-refractivity contribution >= 4 is 23.9 Å². The molecule has 0 aromatic carbocycles. The number of carbonyl (C=O) groups excluding carboxylic acids is 4. The van der Waals surface area contributed by atoms with Crippen molar-refractivity contribution in [3.05, 3.63) is 23.3 Å². The lowest BCUT2D eigenvalue weighted by molar-refractivity contribution is -0.176. The van der Waals surface area contributed by atoms with Crippen molar-refractivity contribution < 1.29 is 47.6 Å². The summed E-state index contributed by atoms with van der Waals surface area (Å²) in [5.41, 5.74) is -0.945. The molecule has 12 atom stereocenters. The molecule has 0 amide bonds. The molecule has 0 aromatic heterocycles. The van der Waals surface area contributed by atoms with Gasteiger partial charge in [-0.2, -0.15) is 0 Å². The fourth-order valence-electron chi connectivity index (χ4n) is 11.4. The van der Waals surface area contributed by atoms with Crippen molar-refractivity contribution in [1.29, 1.82) is 0 Å². The molecule has 4 aliphatic carbocycles. The third kappa shape index (κ3) is 4.03. The van der Waals surface area contributed by atoms with E-state index in [2.05, 4.69) is 39.8 Å². The molecule has 256 valence electrons. The minimum absolute atomic E-state index is 0.0386. The molecular weight excluding hydrogens is 604 g/mol. The minimum atomic E-state index is -1.88. The number of ether oxygens (including phenoxy) is 6. The summed E-state index contributed by atoms with van der Waals surface area (Å²) in [7, 11) is 0. The molecule has 4 heterocycles. The molecule has 2 saturated carbocycles. The van der Waals surface area contributed by atoms with E-state index in [-0.39, 0.29) is 72.1 Å². The van der Waals surface area contributed by atoms with Crippen LogP contribution >= 0.6 is 0 Å². The quantitative estimate of drug-likeness (QED) is 0.119. The van der Waals surface area contributed by atoms with Gasteiger partial charge in [-0.15, -0.1) is 0 Å². The van der Waals surface area contributed by atoms with Gasteiger partial charge in [-0.05, 0) is 92.9 Å². The zero-order chi connectivity index (χ0) is 33.3. The summed E-state index contributed by atoms with van der Waals surface area (Å²) in [5, 5.41) is 0. The molecule has 0 radical (unpaired) electrons. The first-order valence-electron chi connectivity index (χ1n) is 17.8. The zero-order valence-electron chi connectivity index (χ0n) is 28.4. The van der Waals surface area contributed by atoms with Crippen LogP contribution in [0.3, 0.4) is 0 Å². The van der Waals surface area contributed by atoms with E-state index in [9.17, 15) is 19.2 Å². The highest BCUT2D eigenvalue weighted by Gasteiger charge is 2.78. The van der Waals surface area contributed by atoms with Crippen molar-refractivity contribution in [1.82, 2.24) is 0 Å². The van der Waals surface area contributed by atoms with Gasteiger partial charge in [0.15, 0.2) is 5.41 Å². The zero-order valence-corrected chi connectivity index (χ0v) is 28.4. The molecule has 4 aliphatic heterocycles. The smallest absolute Gasteiger partial charge is 0.323 e. The molecule has 0 unspecified atom stereocenters. The summed E-state index contributed by atoms with van der Waals surface area (Å²) in [5.74, 6) is -4.44. The van der Waals surface area contributed by atoms with Gasteiger partial charge in [0.1, 0.15) is 23.4 Å². The van der Waals surface area contributed by atoms with Crippen LogP contribution in [0, 0.1) is 40.9 Å². The van der Waals surface area contributed by atoms with Crippen LogP contribution < -0.4 is 0 Å². The van der Waals surface area contributed by atoms with Crippen LogP contribution in [0.2, 0.25) is 0 Å². The molecule has 2 spiro atoms. The number of fused-ring (bicyclic) bond motifs is 4. The van der Waals surface area contributed by atoms with Crippen molar-refractivity contribution in [3.8, 4) is 0 Å². The highest BCUT2D eigenvalue weighted by Crippen LogP contribution is 2.69. The topological polar surface area (TPSA) is 130 Å². The second kappa shape index (κ2) is 10.2. The normalized spacial score (nSPS) is 46.9. The van der Waals surface area contributed by atoms with Crippen LogP contribution in [0.1, 0.15) is 92.9 Å². The van der Waals surface area contributed by atoms with E-state index >= 15 is 0 Å². The monoisotopic (exact) mass is 652 g/mol. The third-order valence-corrected chi connectivity index (χ3v) is 14.0. The van der Waals surface area contributed by atoms with E-state index in [0.29, 0.717) is 12.8 Å². The highest BCUT2D eigenvalue weighted by atomic mass is 16.6. The van der Waals surface area contributed by atoms with Gasteiger partial charge < -0.3 is 28.4 Å². The Morgan fingerprint density at radius 2 is 1.17 bits per heavy atom. The summed E-state index contributed by atoms with van der Waals surface area (Å²) in [6.45, 7) is 11.9. The molecule has 0 N–H and O–H groups in total. The molecule has 8 rings (SSSR count). The van der Waals surface area contributed by atoms with Gasteiger partial charge in [0.05, 0.1) is 36.3 Å². The number of hydrogen-bond acceptors (Lipinski definition) is 10. The SMILES string of the molecule is CCOC(=O)C(C[C@@H]1C(=O)O[C@H]2[C@H]1CC[C@]1(C)O[C@@]13CC=C(C)[C@H]23)(C[C@@H]1C(=O)O[C@H]2[C@H]1CC[C@]1(C)O[C@@]13CC=C(C)[C@H]23)C(=O)OCC. The van der Waals surface area contributed by atoms with E-state index in [1.165, 1.54) is 0 Å². The van der Waals surface area contributed by atoms with Crippen LogP contribution in [-0.4, -0.2) is 71.7 Å². The second-order valence-electron chi connectivity index (χ2n) is 16.1. The standard InChI is InChI=1S/C37H48O10/c1-7-42-31(40)35(32(41)43-8-2,17-23-21-11-13-33(5)36(46-33)15-9-19(3)25(36)27(21)44-29(23)38)18-24-22-12-14-34(6)37(47-34)16-10-20(4)26(37)28(22)45-30(24)39/h9-10,21-28H,7-8,11-18H2,1-6H3/t21-,22-,23-,24-,25+,26+,27-,28-,33-,34-,36+,37+/m0/s1. The lowest BCUT2D eigenvalue weighted by Gasteiger charge is -2.35. The van der Waals surface area contributed by atoms with Gasteiger partial charge in [0, 0.05) is 23.7 Å². The summed E-state index contributed by atoms with van der Waals surface area (Å²) < 4.78 is 36.5. The Kier molecular flexibility index (Phi) is 6.82. The predicted molar refractivity (Wildman–Crippen MR) is 165 cm³/mol. The van der Waals surface area contributed by atoms with Gasteiger partial charge in [-0.3, -0.25) is 19.2 Å². The molecule has 47 heavy (non-hydrogen) atoms. The molecule has 6 fully saturated rings. The first-order valence-corrected chi connectivity index (χ1v) is 17.8. The predicted octanol–water partition coefficient (Wildman–Crippen LogP) is 4.77. The highest BCUT2D eigenvalue weighted by molar-refractivity contribution is 6.01. The Bertz CT molecular complexity index is 1390. The number of carbonyl (C=O) groups is 4. The van der Waals surface area contributed by atoms with Gasteiger partial charge in [0.2, 0.25) is 0 Å². The first kappa shape index (κ1) is 31.5. The van der Waals surface area contributed by atoms with Crippen LogP contribution in [0.25, 0.3) is 0 Å². The van der Waals surface area contributed by atoms with E-state index in [4.69, 9.17) is 28.4 Å². The maximum absolute atomic E-state index is 14.2. The van der Waals surface area contributed by atoms with Gasteiger partial charge in [0.25, 0.3) is 0 Å². The Hall–Kier alpha value is -2.72. The van der Waals surface area contributed by atoms with E-state index in [0.717, 1.165) is 36.8 Å². The summed E-state index contributed by atoms with van der Waals surface area (Å²) in [6, 6.07) is 0. The molecular formula is C37H48O10. The fourth-order valence-corrected chi connectivity index (χ4v) is 11.4. The van der Waals surface area contributed by atoms with Crippen molar-refractivity contribution in [3.63, 3.8) is 0 Å². The average Bonchev–Trinajstić information content (AvgIpc) is 3.51. The maximum Gasteiger partial charge on any atom is 0.323 e. The van der Waals surface area contributed by atoms with E-state index in [1.807, 2.05) is 0 Å². The Morgan fingerprint density at radius 1 is 0.766 bits per heavy atom. The lowest BCUT2D eigenvalue weighted by atomic mass is 9.66. The molecule has 4 saturated heterocycles. The minimum Gasteiger partial charge on any atom is -0.465 e. The van der Waals surface area contributed by atoms with Gasteiger partial charge in [-0.1, -0.05) is 23.3 Å². The Balaban J connectivity index is 1.15. The molecule has 10 nitrogen and oxygen atoms in total. The molecule has 8 aliphatic rings. The molecule has 0 bridgehead atoms. The third-order valence-electron chi connectivity index (χ3n) is 14.0. The number of epoxide rings is 2. The number of hydrogen-bond donors (Lipinski definition) is 0. The lowest BCUT2D eigenvalue weighted by Crippen LogP contribution is -2.48. The van der Waals surface area contributed by atoms with Crippen LogP contribution in [-0.2, 0) is 47.6 Å². The first-order chi connectivity index (χ1) is 22.3. The van der Waals surface area contributed by atoms with Gasteiger partial charge >= 0.3 is 23.9 Å². The molecule has 0 aromatic rings. The fraction of sp³-hybridized carbons (Fsp3) is 0.784. The Morgan fingerprint density at radius 3 is 1.55 bits per heavy atom.